The minimum atomic E-state index is -0.644. The average molecular weight is 542 g/mol. The summed E-state index contributed by atoms with van der Waals surface area (Å²) in [6, 6.07) is 26.5. The van der Waals surface area contributed by atoms with Gasteiger partial charge < -0.3 is 4.90 Å². The highest BCUT2D eigenvalue weighted by atomic mass is 19.1. The lowest BCUT2D eigenvalue weighted by atomic mass is 9.71. The fourth-order valence-corrected chi connectivity index (χ4v) is 6.41. The third kappa shape index (κ3) is 3.62. The molecule has 5 aromatic rings. The lowest BCUT2D eigenvalue weighted by Gasteiger charge is -2.42. The Labute approximate surface area is 236 Å². The van der Waals surface area contributed by atoms with Gasteiger partial charge in [-0.2, -0.15) is 0 Å². The molecule has 0 saturated carbocycles. The summed E-state index contributed by atoms with van der Waals surface area (Å²) in [5.41, 5.74) is 5.38. The summed E-state index contributed by atoms with van der Waals surface area (Å²) in [7, 11) is 0. The number of hydrogen-bond donors (Lipinski definition) is 0. The number of para-hydroxylation sites is 2. The Bertz CT molecular complexity index is 1980. The largest absolute Gasteiger partial charge is 0.305 e. The molecule has 5 aromatic carbocycles. The Hall–Kier alpha value is -4.90. The molecular formula is C36H25F2NO2. The minimum absolute atomic E-state index is 0.120. The van der Waals surface area contributed by atoms with Gasteiger partial charge in [0.05, 0.1) is 16.9 Å². The van der Waals surface area contributed by atoms with Crippen LogP contribution < -0.4 is 4.90 Å². The van der Waals surface area contributed by atoms with Crippen LogP contribution in [-0.4, -0.2) is 11.6 Å². The number of fused-ring (bicyclic) bond motifs is 5. The Morgan fingerprint density at radius 2 is 1.46 bits per heavy atom. The first-order valence-electron chi connectivity index (χ1n) is 13.5. The van der Waals surface area contributed by atoms with E-state index in [0.717, 1.165) is 38.7 Å². The van der Waals surface area contributed by atoms with Gasteiger partial charge in [-0.15, -0.1) is 0 Å². The second kappa shape index (κ2) is 8.80. The predicted molar refractivity (Wildman–Crippen MR) is 158 cm³/mol. The monoisotopic (exact) mass is 541 g/mol. The fourth-order valence-electron chi connectivity index (χ4n) is 6.41. The van der Waals surface area contributed by atoms with E-state index in [2.05, 4.69) is 13.8 Å². The number of carbonyl (C=O) groups is 2. The molecule has 0 bridgehead atoms. The Balaban J connectivity index is 1.41. The maximum atomic E-state index is 15.2. The van der Waals surface area contributed by atoms with E-state index in [9.17, 15) is 9.59 Å². The quantitative estimate of drug-likeness (QED) is 0.165. The minimum Gasteiger partial charge on any atom is -0.305 e. The molecular weight excluding hydrogens is 516 g/mol. The Morgan fingerprint density at radius 3 is 2.24 bits per heavy atom. The molecule has 1 aliphatic carbocycles. The molecule has 0 amide bonds. The van der Waals surface area contributed by atoms with E-state index >= 15 is 8.78 Å². The topological polar surface area (TPSA) is 37.4 Å². The number of halogens is 2. The van der Waals surface area contributed by atoms with Gasteiger partial charge in [0.2, 0.25) is 0 Å². The van der Waals surface area contributed by atoms with Gasteiger partial charge in [0, 0.05) is 16.5 Å². The molecule has 3 nitrogen and oxygen atoms in total. The number of carbonyl (C=O) groups excluding carboxylic acids is 2. The van der Waals surface area contributed by atoms with Crippen molar-refractivity contribution in [3.8, 4) is 0 Å². The number of benzene rings is 5. The summed E-state index contributed by atoms with van der Waals surface area (Å²) in [6.07, 6.45) is 1.65. The highest BCUT2D eigenvalue weighted by Crippen LogP contribution is 2.54. The average Bonchev–Trinajstić information content (AvgIpc) is 3.18. The number of anilines is 3. The summed E-state index contributed by atoms with van der Waals surface area (Å²) in [4.78, 5) is 27.8. The van der Waals surface area contributed by atoms with Crippen molar-refractivity contribution >= 4 is 45.5 Å². The normalized spacial score (nSPS) is 16.2. The van der Waals surface area contributed by atoms with Crippen LogP contribution in [0.3, 0.4) is 0 Å². The van der Waals surface area contributed by atoms with E-state index < -0.39 is 17.0 Å². The van der Waals surface area contributed by atoms with Crippen molar-refractivity contribution in [2.75, 3.05) is 4.90 Å². The molecule has 200 valence electrons. The zero-order valence-electron chi connectivity index (χ0n) is 22.8. The maximum absolute atomic E-state index is 15.2. The predicted octanol–water partition coefficient (Wildman–Crippen LogP) is 9.00. The number of hydrogen-bond acceptors (Lipinski definition) is 3. The number of rotatable bonds is 2. The number of ketones is 2. The van der Waals surface area contributed by atoms with Crippen molar-refractivity contribution in [3.05, 3.63) is 142 Å². The zero-order valence-corrected chi connectivity index (χ0v) is 22.8. The van der Waals surface area contributed by atoms with E-state index in [1.165, 1.54) is 18.2 Å². The maximum Gasteiger partial charge on any atom is 0.197 e. The van der Waals surface area contributed by atoms with Gasteiger partial charge in [0.15, 0.2) is 11.6 Å². The van der Waals surface area contributed by atoms with E-state index in [1.807, 2.05) is 67.6 Å². The first-order chi connectivity index (χ1) is 19.7. The van der Waals surface area contributed by atoms with Gasteiger partial charge in [0.25, 0.3) is 0 Å². The molecule has 0 saturated heterocycles. The van der Waals surface area contributed by atoms with E-state index in [1.54, 1.807) is 23.1 Å². The third-order valence-corrected chi connectivity index (χ3v) is 8.33. The second-order valence-electron chi connectivity index (χ2n) is 11.3. The summed E-state index contributed by atoms with van der Waals surface area (Å²) in [6.45, 7) is 6.12. The fraction of sp³-hybridized carbons (Fsp3) is 0.111. The molecule has 2 aliphatic rings. The third-order valence-electron chi connectivity index (χ3n) is 8.33. The van der Waals surface area contributed by atoms with Crippen molar-refractivity contribution in [2.24, 2.45) is 0 Å². The molecule has 0 N–H and O–H groups in total. The van der Waals surface area contributed by atoms with Gasteiger partial charge in [-0.1, -0.05) is 74.0 Å². The van der Waals surface area contributed by atoms with Crippen LogP contribution >= 0.6 is 0 Å². The highest BCUT2D eigenvalue weighted by molar-refractivity contribution is 6.41. The molecule has 5 heteroatoms. The SMILES string of the molecule is Cc1ccc2c(c1)C(=O)/C(=C\c1ccc3c4c(ccc3c1)N(c1c(F)cccc1F)c1ccccc1C4(C)C)C2=O. The van der Waals surface area contributed by atoms with Crippen LogP contribution in [0.25, 0.3) is 16.8 Å². The standard InChI is InChI=1S/C36H25F2NO2/c1-20-11-14-24-25(17-20)35(41)26(34(24)40)19-21-12-15-23-22(18-21)13-16-31-32(23)36(2,3)27-7-4-5-10-30(27)39(31)33-28(37)8-6-9-29(33)38/h4-19H,1-3H3/b26-19-. The van der Waals surface area contributed by atoms with Crippen LogP contribution in [0.2, 0.25) is 0 Å². The lowest BCUT2D eigenvalue weighted by Crippen LogP contribution is -2.31. The number of aryl methyl sites for hydroxylation is 1. The Kier molecular flexibility index (Phi) is 5.39. The Morgan fingerprint density at radius 1 is 0.732 bits per heavy atom. The lowest BCUT2D eigenvalue weighted by molar-refractivity contribution is 0.0990. The molecule has 0 radical (unpaired) electrons. The summed E-state index contributed by atoms with van der Waals surface area (Å²) >= 11 is 0. The van der Waals surface area contributed by atoms with Crippen molar-refractivity contribution in [2.45, 2.75) is 26.2 Å². The van der Waals surface area contributed by atoms with Crippen molar-refractivity contribution in [1.29, 1.82) is 0 Å². The number of Topliss-reactive ketones (excluding diaryl/α,β-unsaturated/α-hetero) is 2. The van der Waals surface area contributed by atoms with Crippen LogP contribution in [0.4, 0.5) is 25.8 Å². The van der Waals surface area contributed by atoms with Crippen LogP contribution in [0.1, 0.15) is 56.8 Å². The van der Waals surface area contributed by atoms with E-state index in [0.29, 0.717) is 16.8 Å². The van der Waals surface area contributed by atoms with Crippen LogP contribution in [0.15, 0.2) is 96.6 Å². The van der Waals surface area contributed by atoms with Crippen molar-refractivity contribution in [1.82, 2.24) is 0 Å². The van der Waals surface area contributed by atoms with Gasteiger partial charge in [-0.3, -0.25) is 9.59 Å². The van der Waals surface area contributed by atoms with Gasteiger partial charge in [0.1, 0.15) is 17.3 Å². The molecule has 0 fully saturated rings. The molecule has 0 unspecified atom stereocenters. The van der Waals surface area contributed by atoms with Crippen LogP contribution in [0.5, 0.6) is 0 Å². The van der Waals surface area contributed by atoms with Gasteiger partial charge >= 0.3 is 0 Å². The highest BCUT2D eigenvalue weighted by Gasteiger charge is 2.39. The van der Waals surface area contributed by atoms with E-state index in [-0.39, 0.29) is 22.8 Å². The summed E-state index contributed by atoms with van der Waals surface area (Å²) in [5, 5.41) is 1.82. The van der Waals surface area contributed by atoms with Gasteiger partial charge in [-0.25, -0.2) is 8.78 Å². The molecule has 0 atom stereocenters. The second-order valence-corrected chi connectivity index (χ2v) is 11.3. The smallest absolute Gasteiger partial charge is 0.197 e. The number of nitrogens with zero attached hydrogens (tertiary/aromatic N) is 1. The molecule has 41 heavy (non-hydrogen) atoms. The molecule has 0 spiro atoms. The van der Waals surface area contributed by atoms with Crippen LogP contribution in [0, 0.1) is 18.6 Å². The van der Waals surface area contributed by atoms with Crippen LogP contribution in [-0.2, 0) is 5.41 Å². The molecule has 0 aromatic heterocycles. The first kappa shape index (κ1) is 25.1. The number of allylic oxidation sites excluding steroid dienone is 1. The molecule has 1 heterocycles. The molecule has 7 rings (SSSR count). The molecule has 1 aliphatic heterocycles. The van der Waals surface area contributed by atoms with E-state index in [4.69, 9.17) is 0 Å². The zero-order chi connectivity index (χ0) is 28.6. The summed E-state index contributed by atoms with van der Waals surface area (Å²) in [5.74, 6) is -1.82. The summed E-state index contributed by atoms with van der Waals surface area (Å²) < 4.78 is 30.4. The van der Waals surface area contributed by atoms with Gasteiger partial charge in [-0.05, 0) is 76.9 Å². The van der Waals surface area contributed by atoms with Crippen molar-refractivity contribution in [3.63, 3.8) is 0 Å². The first-order valence-corrected chi connectivity index (χ1v) is 13.5. The van der Waals surface area contributed by atoms with Crippen molar-refractivity contribution < 1.29 is 18.4 Å².